The van der Waals surface area contributed by atoms with Crippen molar-refractivity contribution in [2.45, 2.75) is 26.0 Å². The third-order valence-corrected chi connectivity index (χ3v) is 4.29. The summed E-state index contributed by atoms with van der Waals surface area (Å²) >= 11 is 0. The van der Waals surface area contributed by atoms with Crippen LogP contribution in [-0.4, -0.2) is 24.5 Å². The molecule has 1 amide bonds. The average molecular weight is 393 g/mol. The SMILES string of the molecule is CC(C)OC(=O)c1ccc(NC(=O)C[NH2+][C@@H](c2ccccc2)c2ccco2)cc1. The Morgan fingerprint density at radius 2 is 1.72 bits per heavy atom. The zero-order valence-corrected chi connectivity index (χ0v) is 16.5. The Hall–Kier alpha value is -3.38. The highest BCUT2D eigenvalue weighted by atomic mass is 16.5. The van der Waals surface area contributed by atoms with E-state index in [0.717, 1.165) is 11.3 Å². The number of hydrogen-bond acceptors (Lipinski definition) is 4. The zero-order chi connectivity index (χ0) is 20.6. The van der Waals surface area contributed by atoms with E-state index in [1.165, 1.54) is 0 Å². The molecule has 0 fully saturated rings. The third kappa shape index (κ3) is 5.80. The van der Waals surface area contributed by atoms with Gasteiger partial charge in [0.25, 0.3) is 5.91 Å². The molecule has 0 bridgehead atoms. The molecule has 0 spiro atoms. The molecule has 3 rings (SSSR count). The van der Waals surface area contributed by atoms with Crippen LogP contribution in [0.3, 0.4) is 0 Å². The Bertz CT molecular complexity index is 919. The van der Waals surface area contributed by atoms with E-state index in [2.05, 4.69) is 5.32 Å². The van der Waals surface area contributed by atoms with Crippen molar-refractivity contribution in [2.75, 3.05) is 11.9 Å². The molecule has 3 aromatic rings. The van der Waals surface area contributed by atoms with Crippen molar-refractivity contribution in [2.24, 2.45) is 0 Å². The summed E-state index contributed by atoms with van der Waals surface area (Å²) in [6.07, 6.45) is 1.45. The minimum atomic E-state index is -0.379. The Morgan fingerprint density at radius 3 is 2.34 bits per heavy atom. The molecule has 1 atom stereocenters. The van der Waals surface area contributed by atoms with E-state index in [4.69, 9.17) is 9.15 Å². The lowest BCUT2D eigenvalue weighted by atomic mass is 10.0. The number of rotatable bonds is 8. The maximum absolute atomic E-state index is 12.4. The molecule has 0 unspecified atom stereocenters. The average Bonchev–Trinajstić information content (AvgIpc) is 3.23. The molecule has 0 radical (unpaired) electrons. The van der Waals surface area contributed by atoms with Crippen molar-refractivity contribution in [3.63, 3.8) is 0 Å². The van der Waals surface area contributed by atoms with Gasteiger partial charge in [0.05, 0.1) is 17.9 Å². The molecule has 1 heterocycles. The molecule has 0 saturated heterocycles. The van der Waals surface area contributed by atoms with E-state index in [-0.39, 0.29) is 30.6 Å². The molecule has 3 N–H and O–H groups in total. The number of nitrogens with one attached hydrogen (secondary N) is 1. The van der Waals surface area contributed by atoms with Gasteiger partial charge in [0.2, 0.25) is 0 Å². The summed E-state index contributed by atoms with van der Waals surface area (Å²) in [6.45, 7) is 3.82. The van der Waals surface area contributed by atoms with Crippen LogP contribution in [0.25, 0.3) is 0 Å². The molecule has 0 aliphatic rings. The van der Waals surface area contributed by atoms with Gasteiger partial charge in [0.1, 0.15) is 0 Å². The van der Waals surface area contributed by atoms with Crippen LogP contribution in [0.5, 0.6) is 0 Å². The fourth-order valence-corrected chi connectivity index (χ4v) is 2.95. The van der Waals surface area contributed by atoms with Crippen LogP contribution >= 0.6 is 0 Å². The smallest absolute Gasteiger partial charge is 0.338 e. The first-order valence-electron chi connectivity index (χ1n) is 9.55. The Labute approximate surface area is 169 Å². The highest BCUT2D eigenvalue weighted by Gasteiger charge is 2.21. The molecule has 0 aliphatic carbocycles. The molecule has 0 saturated carbocycles. The lowest BCUT2D eigenvalue weighted by Gasteiger charge is -2.14. The van der Waals surface area contributed by atoms with Gasteiger partial charge in [0, 0.05) is 11.3 Å². The summed E-state index contributed by atoms with van der Waals surface area (Å²) in [5, 5.41) is 4.78. The molecule has 150 valence electrons. The topological polar surface area (TPSA) is 85.1 Å². The summed E-state index contributed by atoms with van der Waals surface area (Å²) in [7, 11) is 0. The largest absolute Gasteiger partial charge is 0.463 e. The van der Waals surface area contributed by atoms with E-state index in [0.29, 0.717) is 11.3 Å². The minimum Gasteiger partial charge on any atom is -0.463 e. The van der Waals surface area contributed by atoms with Crippen molar-refractivity contribution >= 4 is 17.6 Å². The summed E-state index contributed by atoms with van der Waals surface area (Å²) in [5.74, 6) is 0.266. The zero-order valence-electron chi connectivity index (χ0n) is 16.5. The Balaban J connectivity index is 1.59. The van der Waals surface area contributed by atoms with E-state index in [1.54, 1.807) is 44.4 Å². The number of hydrogen-bond donors (Lipinski definition) is 2. The van der Waals surface area contributed by atoms with Crippen LogP contribution < -0.4 is 10.6 Å². The van der Waals surface area contributed by atoms with E-state index in [1.807, 2.05) is 47.8 Å². The van der Waals surface area contributed by atoms with E-state index >= 15 is 0 Å². The van der Waals surface area contributed by atoms with Crippen molar-refractivity contribution in [1.29, 1.82) is 0 Å². The quantitative estimate of drug-likeness (QED) is 0.576. The molecule has 2 aromatic carbocycles. The van der Waals surface area contributed by atoms with E-state index < -0.39 is 0 Å². The summed E-state index contributed by atoms with van der Waals surface area (Å²) in [6, 6.07) is 20.2. The van der Waals surface area contributed by atoms with Crippen LogP contribution in [0.15, 0.2) is 77.4 Å². The number of nitrogens with two attached hydrogens (primary N) is 1. The Morgan fingerprint density at radius 1 is 1.00 bits per heavy atom. The van der Waals surface area contributed by atoms with Crippen molar-refractivity contribution in [3.8, 4) is 0 Å². The number of amides is 1. The van der Waals surface area contributed by atoms with Gasteiger partial charge in [-0.2, -0.15) is 0 Å². The predicted molar refractivity (Wildman–Crippen MR) is 109 cm³/mol. The maximum atomic E-state index is 12.4. The number of anilines is 1. The number of furan rings is 1. The molecule has 0 aliphatic heterocycles. The second kappa shape index (κ2) is 9.71. The van der Waals surface area contributed by atoms with Gasteiger partial charge >= 0.3 is 5.97 Å². The monoisotopic (exact) mass is 393 g/mol. The van der Waals surface area contributed by atoms with Gasteiger partial charge in [0.15, 0.2) is 18.3 Å². The summed E-state index contributed by atoms with van der Waals surface area (Å²) in [5.41, 5.74) is 2.13. The third-order valence-electron chi connectivity index (χ3n) is 4.29. The standard InChI is InChI=1S/C23H24N2O4/c1-16(2)29-23(27)18-10-12-19(13-11-18)25-21(26)15-24-22(20-9-6-14-28-20)17-7-4-3-5-8-17/h3-14,16,22,24H,15H2,1-2H3,(H,25,26)/p+1/t22-/m0/s1. The predicted octanol–water partition coefficient (Wildman–Crippen LogP) is 3.14. The summed E-state index contributed by atoms with van der Waals surface area (Å²) in [4.78, 5) is 24.3. The normalized spacial score (nSPS) is 11.8. The minimum absolute atomic E-state index is 0.106. The Kier molecular flexibility index (Phi) is 6.81. The second-order valence-electron chi connectivity index (χ2n) is 6.92. The molecule has 6 heteroatoms. The van der Waals surface area contributed by atoms with Crippen molar-refractivity contribution in [1.82, 2.24) is 0 Å². The number of carbonyl (C=O) groups excluding carboxylic acids is 2. The molecular weight excluding hydrogens is 368 g/mol. The van der Waals surface area contributed by atoms with Gasteiger partial charge in [-0.1, -0.05) is 30.3 Å². The van der Waals surface area contributed by atoms with Gasteiger partial charge in [-0.05, 0) is 50.2 Å². The first-order valence-corrected chi connectivity index (χ1v) is 9.55. The molecular formula is C23H25N2O4+. The number of carbonyl (C=O) groups is 2. The molecule has 6 nitrogen and oxygen atoms in total. The van der Waals surface area contributed by atoms with Crippen LogP contribution in [0.4, 0.5) is 5.69 Å². The van der Waals surface area contributed by atoms with Gasteiger partial charge in [-0.3, -0.25) is 4.79 Å². The second-order valence-corrected chi connectivity index (χ2v) is 6.92. The number of ether oxygens (including phenoxy) is 1. The number of esters is 1. The van der Waals surface area contributed by atoms with Crippen LogP contribution in [0.2, 0.25) is 0 Å². The fraction of sp³-hybridized carbons (Fsp3) is 0.217. The van der Waals surface area contributed by atoms with Crippen LogP contribution in [0.1, 0.15) is 41.6 Å². The van der Waals surface area contributed by atoms with Gasteiger partial charge in [-0.15, -0.1) is 0 Å². The van der Waals surface area contributed by atoms with E-state index in [9.17, 15) is 9.59 Å². The van der Waals surface area contributed by atoms with Crippen molar-refractivity contribution in [3.05, 3.63) is 89.9 Å². The van der Waals surface area contributed by atoms with Crippen LogP contribution in [0, 0.1) is 0 Å². The van der Waals surface area contributed by atoms with Crippen molar-refractivity contribution < 1.29 is 24.1 Å². The number of benzene rings is 2. The maximum Gasteiger partial charge on any atom is 0.338 e. The lowest BCUT2D eigenvalue weighted by molar-refractivity contribution is -0.678. The highest BCUT2D eigenvalue weighted by Crippen LogP contribution is 2.18. The lowest BCUT2D eigenvalue weighted by Crippen LogP contribution is -2.87. The van der Waals surface area contributed by atoms with Crippen LogP contribution in [-0.2, 0) is 9.53 Å². The first kappa shape index (κ1) is 20.4. The van der Waals surface area contributed by atoms with Gasteiger partial charge < -0.3 is 19.8 Å². The summed E-state index contributed by atoms with van der Waals surface area (Å²) < 4.78 is 10.7. The first-order chi connectivity index (χ1) is 14.0. The molecule has 1 aromatic heterocycles. The number of quaternary nitrogens is 1. The highest BCUT2D eigenvalue weighted by molar-refractivity contribution is 5.93. The molecule has 29 heavy (non-hydrogen) atoms. The van der Waals surface area contributed by atoms with Gasteiger partial charge in [-0.25, -0.2) is 4.79 Å². The fourth-order valence-electron chi connectivity index (χ4n) is 2.95.